The van der Waals surface area contributed by atoms with Crippen LogP contribution in [0.25, 0.3) is 0 Å². The molecule has 5 heteroatoms. The number of nitrogens with zero attached hydrogens (tertiary/aromatic N) is 1. The van der Waals surface area contributed by atoms with E-state index in [1.807, 2.05) is 4.90 Å². The van der Waals surface area contributed by atoms with Crippen LogP contribution in [0.3, 0.4) is 0 Å². The molecular weight excluding hydrogens is 254 g/mol. The van der Waals surface area contributed by atoms with E-state index in [1.54, 1.807) is 31.2 Å². The number of amides is 2. The van der Waals surface area contributed by atoms with Crippen LogP contribution in [0.4, 0.5) is 5.69 Å². The van der Waals surface area contributed by atoms with E-state index in [1.165, 1.54) is 0 Å². The highest BCUT2D eigenvalue weighted by molar-refractivity contribution is 5.95. The highest BCUT2D eigenvalue weighted by atomic mass is 16.2. The van der Waals surface area contributed by atoms with Gasteiger partial charge in [-0.15, -0.1) is 0 Å². The summed E-state index contributed by atoms with van der Waals surface area (Å²) in [5, 5.41) is 6.05. The Hall–Kier alpha value is -1.88. The van der Waals surface area contributed by atoms with E-state index >= 15 is 0 Å². The number of carbonyl (C=O) groups is 2. The first-order valence-corrected chi connectivity index (χ1v) is 7.10. The second-order valence-electron chi connectivity index (χ2n) is 4.87. The summed E-state index contributed by atoms with van der Waals surface area (Å²) >= 11 is 0. The van der Waals surface area contributed by atoms with E-state index in [0.29, 0.717) is 12.0 Å². The smallest absolute Gasteiger partial charge is 0.253 e. The van der Waals surface area contributed by atoms with Gasteiger partial charge >= 0.3 is 0 Å². The second-order valence-corrected chi connectivity index (χ2v) is 4.87. The molecule has 108 valence electrons. The molecule has 0 radical (unpaired) electrons. The van der Waals surface area contributed by atoms with E-state index in [4.69, 9.17) is 0 Å². The molecule has 1 aliphatic heterocycles. The van der Waals surface area contributed by atoms with Crippen molar-refractivity contribution in [2.45, 2.75) is 19.8 Å². The molecule has 0 spiro atoms. The van der Waals surface area contributed by atoms with E-state index in [9.17, 15) is 9.59 Å². The molecule has 0 saturated carbocycles. The van der Waals surface area contributed by atoms with Crippen LogP contribution in [0.2, 0.25) is 0 Å². The molecule has 1 aromatic carbocycles. The van der Waals surface area contributed by atoms with Crippen LogP contribution < -0.4 is 10.6 Å². The Bertz CT molecular complexity index is 463. The molecular formula is C15H21N3O2. The molecule has 2 rings (SSSR count). The van der Waals surface area contributed by atoms with Gasteiger partial charge in [-0.2, -0.15) is 0 Å². The Labute approximate surface area is 119 Å². The third kappa shape index (κ3) is 3.81. The van der Waals surface area contributed by atoms with Gasteiger partial charge in [-0.3, -0.25) is 9.59 Å². The molecule has 2 N–H and O–H groups in total. The van der Waals surface area contributed by atoms with Gasteiger partial charge < -0.3 is 15.5 Å². The molecule has 1 aromatic rings. The number of benzene rings is 1. The number of carbonyl (C=O) groups excluding carboxylic acids is 2. The van der Waals surface area contributed by atoms with Crippen molar-refractivity contribution < 1.29 is 9.59 Å². The predicted molar refractivity (Wildman–Crippen MR) is 78.8 cm³/mol. The van der Waals surface area contributed by atoms with Gasteiger partial charge in [0.25, 0.3) is 5.91 Å². The van der Waals surface area contributed by atoms with E-state index < -0.39 is 0 Å². The summed E-state index contributed by atoms with van der Waals surface area (Å²) in [6, 6.07) is 7.09. The Morgan fingerprint density at radius 3 is 2.65 bits per heavy atom. The topological polar surface area (TPSA) is 61.4 Å². The fourth-order valence-corrected chi connectivity index (χ4v) is 2.18. The average molecular weight is 275 g/mol. The summed E-state index contributed by atoms with van der Waals surface area (Å²) in [6.07, 6.45) is 1.43. The van der Waals surface area contributed by atoms with Crippen LogP contribution in [0, 0.1) is 0 Å². The maximum atomic E-state index is 12.4. The van der Waals surface area contributed by atoms with Gasteiger partial charge in [0.2, 0.25) is 5.91 Å². The zero-order valence-corrected chi connectivity index (χ0v) is 11.8. The second kappa shape index (κ2) is 7.05. The van der Waals surface area contributed by atoms with Gasteiger partial charge in [-0.05, 0) is 37.2 Å². The van der Waals surface area contributed by atoms with Gasteiger partial charge in [-0.1, -0.05) is 6.92 Å². The molecule has 2 amide bonds. The van der Waals surface area contributed by atoms with Crippen LogP contribution >= 0.6 is 0 Å². The molecule has 0 unspecified atom stereocenters. The van der Waals surface area contributed by atoms with Crippen molar-refractivity contribution in [1.82, 2.24) is 10.2 Å². The van der Waals surface area contributed by atoms with E-state index in [2.05, 4.69) is 10.6 Å². The largest absolute Gasteiger partial charge is 0.337 e. The van der Waals surface area contributed by atoms with Gasteiger partial charge in [0.05, 0.1) is 0 Å². The number of rotatable bonds is 3. The molecule has 0 aromatic heterocycles. The van der Waals surface area contributed by atoms with Gasteiger partial charge in [0.15, 0.2) is 0 Å². The lowest BCUT2D eigenvalue weighted by molar-refractivity contribution is -0.115. The summed E-state index contributed by atoms with van der Waals surface area (Å²) in [7, 11) is 0. The lowest BCUT2D eigenvalue weighted by Crippen LogP contribution is -2.34. The highest BCUT2D eigenvalue weighted by Gasteiger charge is 2.16. The molecule has 0 aliphatic carbocycles. The normalized spacial score (nSPS) is 15.6. The predicted octanol–water partition coefficient (Wildman–Crippen LogP) is 1.47. The lowest BCUT2D eigenvalue weighted by Gasteiger charge is -2.20. The Morgan fingerprint density at radius 1 is 1.20 bits per heavy atom. The SMILES string of the molecule is CCC(=O)Nc1ccc(C(=O)N2CCCNCC2)cc1. The first kappa shape index (κ1) is 14.5. The monoisotopic (exact) mass is 275 g/mol. The van der Waals surface area contributed by atoms with Crippen molar-refractivity contribution in [2.75, 3.05) is 31.5 Å². The van der Waals surface area contributed by atoms with Crippen LogP contribution in [0.1, 0.15) is 30.1 Å². The van der Waals surface area contributed by atoms with Crippen LogP contribution in [0.15, 0.2) is 24.3 Å². The van der Waals surface area contributed by atoms with Crippen molar-refractivity contribution in [3.05, 3.63) is 29.8 Å². The van der Waals surface area contributed by atoms with Crippen LogP contribution in [0.5, 0.6) is 0 Å². The number of hydrogen-bond donors (Lipinski definition) is 2. The molecule has 0 atom stereocenters. The highest BCUT2D eigenvalue weighted by Crippen LogP contribution is 2.12. The van der Waals surface area contributed by atoms with Crippen molar-refractivity contribution in [3.63, 3.8) is 0 Å². The fraction of sp³-hybridized carbons (Fsp3) is 0.467. The summed E-state index contributed by atoms with van der Waals surface area (Å²) in [6.45, 7) is 5.15. The summed E-state index contributed by atoms with van der Waals surface area (Å²) < 4.78 is 0. The van der Waals surface area contributed by atoms with Gasteiger partial charge in [0, 0.05) is 37.3 Å². The first-order valence-electron chi connectivity index (χ1n) is 7.10. The van der Waals surface area contributed by atoms with Crippen molar-refractivity contribution in [3.8, 4) is 0 Å². The fourth-order valence-electron chi connectivity index (χ4n) is 2.18. The average Bonchev–Trinajstić information content (AvgIpc) is 2.76. The third-order valence-corrected chi connectivity index (χ3v) is 3.36. The zero-order chi connectivity index (χ0) is 14.4. The summed E-state index contributed by atoms with van der Waals surface area (Å²) in [5.74, 6) is 0.0322. The number of hydrogen-bond acceptors (Lipinski definition) is 3. The number of anilines is 1. The molecule has 1 saturated heterocycles. The Balaban J connectivity index is 2.01. The molecule has 0 bridgehead atoms. The van der Waals surface area contributed by atoms with Gasteiger partial charge in [-0.25, -0.2) is 0 Å². The Kier molecular flexibility index (Phi) is 5.12. The van der Waals surface area contributed by atoms with Crippen LogP contribution in [-0.4, -0.2) is 42.9 Å². The zero-order valence-electron chi connectivity index (χ0n) is 11.8. The van der Waals surface area contributed by atoms with Crippen molar-refractivity contribution in [1.29, 1.82) is 0 Å². The third-order valence-electron chi connectivity index (χ3n) is 3.36. The minimum atomic E-state index is -0.0253. The molecule has 1 fully saturated rings. The quantitative estimate of drug-likeness (QED) is 0.878. The lowest BCUT2D eigenvalue weighted by atomic mass is 10.1. The first-order chi connectivity index (χ1) is 9.70. The Morgan fingerprint density at radius 2 is 1.95 bits per heavy atom. The van der Waals surface area contributed by atoms with Gasteiger partial charge in [0.1, 0.15) is 0 Å². The minimum Gasteiger partial charge on any atom is -0.337 e. The molecule has 1 heterocycles. The van der Waals surface area contributed by atoms with Crippen LogP contribution in [-0.2, 0) is 4.79 Å². The van der Waals surface area contributed by atoms with Crippen molar-refractivity contribution >= 4 is 17.5 Å². The van der Waals surface area contributed by atoms with Crippen molar-refractivity contribution in [2.24, 2.45) is 0 Å². The molecule has 1 aliphatic rings. The minimum absolute atomic E-state index is 0.0253. The van der Waals surface area contributed by atoms with E-state index in [0.717, 1.165) is 38.3 Å². The molecule has 5 nitrogen and oxygen atoms in total. The summed E-state index contributed by atoms with van der Waals surface area (Å²) in [5.41, 5.74) is 1.40. The maximum Gasteiger partial charge on any atom is 0.253 e. The standard InChI is InChI=1S/C15H21N3O2/c1-2-14(19)17-13-6-4-12(5-7-13)15(20)18-10-3-8-16-9-11-18/h4-7,16H,2-3,8-11H2,1H3,(H,17,19). The number of nitrogens with one attached hydrogen (secondary N) is 2. The summed E-state index contributed by atoms with van der Waals surface area (Å²) in [4.78, 5) is 25.5. The maximum absolute atomic E-state index is 12.4. The van der Waals surface area contributed by atoms with E-state index in [-0.39, 0.29) is 11.8 Å². The molecule has 20 heavy (non-hydrogen) atoms.